The average molecular weight is 309 g/mol. The number of carbonyl (C=O) groups excluding carboxylic acids is 1. The minimum atomic E-state index is -0.0873. The fourth-order valence-electron chi connectivity index (χ4n) is 2.66. The number of hydrogen-bond acceptors (Lipinski definition) is 3. The molecule has 0 unspecified atom stereocenters. The number of carbonyl (C=O) groups is 1. The molecule has 23 heavy (non-hydrogen) atoms. The topological polar surface area (TPSA) is 62.1 Å². The smallest absolute Gasteiger partial charge is 0.262 e. The van der Waals surface area contributed by atoms with E-state index in [1.807, 2.05) is 45.0 Å². The third-order valence-corrected chi connectivity index (χ3v) is 3.79. The number of H-pyrrole nitrogens is 1. The third kappa shape index (κ3) is 2.77. The van der Waals surface area contributed by atoms with Crippen LogP contribution in [-0.2, 0) is 0 Å². The quantitative estimate of drug-likeness (QED) is 0.793. The molecule has 1 aromatic carbocycles. The van der Waals surface area contributed by atoms with Crippen LogP contribution >= 0.6 is 0 Å². The molecule has 118 valence electrons. The molecule has 0 fully saturated rings. The van der Waals surface area contributed by atoms with Gasteiger partial charge < -0.3 is 9.32 Å². The fraction of sp³-hybridized carbons (Fsp3) is 0.222. The van der Waals surface area contributed by atoms with Crippen molar-refractivity contribution in [3.63, 3.8) is 0 Å². The first-order valence-electron chi connectivity index (χ1n) is 7.59. The molecule has 5 heteroatoms. The molecule has 1 amide bonds. The van der Waals surface area contributed by atoms with Gasteiger partial charge in [-0.05, 0) is 50.6 Å². The van der Waals surface area contributed by atoms with Gasteiger partial charge in [-0.2, -0.15) is 5.10 Å². The molecule has 0 spiro atoms. The van der Waals surface area contributed by atoms with E-state index in [1.54, 1.807) is 23.3 Å². The molecular weight excluding hydrogens is 290 g/mol. The van der Waals surface area contributed by atoms with Gasteiger partial charge in [0.05, 0.1) is 11.8 Å². The Morgan fingerprint density at radius 3 is 2.74 bits per heavy atom. The fourth-order valence-corrected chi connectivity index (χ4v) is 2.66. The van der Waals surface area contributed by atoms with Crippen LogP contribution in [-0.4, -0.2) is 22.6 Å². The van der Waals surface area contributed by atoms with Crippen molar-refractivity contribution in [2.24, 2.45) is 0 Å². The zero-order valence-corrected chi connectivity index (χ0v) is 13.5. The van der Waals surface area contributed by atoms with E-state index in [9.17, 15) is 4.79 Å². The number of anilines is 1. The highest BCUT2D eigenvalue weighted by molar-refractivity contribution is 6.10. The Labute approximate surface area is 134 Å². The van der Waals surface area contributed by atoms with Gasteiger partial charge in [-0.1, -0.05) is 12.1 Å². The predicted molar refractivity (Wildman–Crippen MR) is 89.6 cm³/mol. The number of amides is 1. The van der Waals surface area contributed by atoms with E-state index in [-0.39, 0.29) is 5.91 Å². The first kappa shape index (κ1) is 15.1. The molecule has 0 saturated carbocycles. The van der Waals surface area contributed by atoms with Gasteiger partial charge in [-0.25, -0.2) is 0 Å². The number of furan rings is 1. The molecule has 3 rings (SSSR count). The molecule has 0 saturated heterocycles. The van der Waals surface area contributed by atoms with Gasteiger partial charge >= 0.3 is 0 Å². The second-order valence-corrected chi connectivity index (χ2v) is 5.44. The van der Waals surface area contributed by atoms with Crippen LogP contribution in [0.5, 0.6) is 0 Å². The highest BCUT2D eigenvalue weighted by Gasteiger charge is 2.25. The molecule has 0 radical (unpaired) electrons. The normalized spacial score (nSPS) is 10.7. The molecule has 0 atom stereocenters. The molecular formula is C18H19N3O2. The van der Waals surface area contributed by atoms with Crippen molar-refractivity contribution in [3.05, 3.63) is 59.5 Å². The van der Waals surface area contributed by atoms with E-state index in [2.05, 4.69) is 10.2 Å². The van der Waals surface area contributed by atoms with E-state index < -0.39 is 0 Å². The van der Waals surface area contributed by atoms with Crippen molar-refractivity contribution < 1.29 is 9.21 Å². The summed E-state index contributed by atoms with van der Waals surface area (Å²) in [5, 5.41) is 7.13. The van der Waals surface area contributed by atoms with Crippen molar-refractivity contribution >= 4 is 11.6 Å². The SMILES string of the molecule is CCN(C(=O)c1c(-c2ccco2)n[nH]c1C)c1cccc(C)c1. The summed E-state index contributed by atoms with van der Waals surface area (Å²) in [6.07, 6.45) is 1.58. The summed E-state index contributed by atoms with van der Waals surface area (Å²) in [6, 6.07) is 11.5. The average Bonchev–Trinajstić information content (AvgIpc) is 3.17. The number of nitrogens with zero attached hydrogens (tertiary/aromatic N) is 2. The maximum atomic E-state index is 13.1. The second kappa shape index (κ2) is 6.12. The number of benzene rings is 1. The Bertz CT molecular complexity index is 819. The summed E-state index contributed by atoms with van der Waals surface area (Å²) >= 11 is 0. The second-order valence-electron chi connectivity index (χ2n) is 5.44. The van der Waals surface area contributed by atoms with Crippen molar-refractivity contribution in [1.29, 1.82) is 0 Å². The summed E-state index contributed by atoms with van der Waals surface area (Å²) < 4.78 is 5.41. The van der Waals surface area contributed by atoms with E-state index >= 15 is 0 Å². The van der Waals surface area contributed by atoms with Crippen LogP contribution in [0.1, 0.15) is 28.5 Å². The molecule has 0 aliphatic rings. The lowest BCUT2D eigenvalue weighted by atomic mass is 10.1. The first-order chi connectivity index (χ1) is 11.1. The zero-order valence-electron chi connectivity index (χ0n) is 13.5. The van der Waals surface area contributed by atoms with Crippen molar-refractivity contribution in [1.82, 2.24) is 10.2 Å². The number of aromatic amines is 1. The first-order valence-corrected chi connectivity index (χ1v) is 7.59. The highest BCUT2D eigenvalue weighted by atomic mass is 16.3. The van der Waals surface area contributed by atoms with Crippen LogP contribution < -0.4 is 4.90 Å². The van der Waals surface area contributed by atoms with E-state index in [0.717, 1.165) is 16.9 Å². The molecule has 2 heterocycles. The van der Waals surface area contributed by atoms with Gasteiger partial charge in [0, 0.05) is 17.9 Å². The Morgan fingerprint density at radius 2 is 2.09 bits per heavy atom. The van der Waals surface area contributed by atoms with Crippen LogP contribution in [0.15, 0.2) is 47.1 Å². The van der Waals surface area contributed by atoms with Gasteiger partial charge in [0.25, 0.3) is 5.91 Å². The lowest BCUT2D eigenvalue weighted by Crippen LogP contribution is -2.31. The summed E-state index contributed by atoms with van der Waals surface area (Å²) in [5.74, 6) is 0.494. The van der Waals surface area contributed by atoms with E-state index in [4.69, 9.17) is 4.42 Å². The Kier molecular flexibility index (Phi) is 4.02. The minimum absolute atomic E-state index is 0.0873. The molecule has 3 aromatic rings. The molecule has 1 N–H and O–H groups in total. The van der Waals surface area contributed by atoms with Gasteiger partial charge in [-0.15, -0.1) is 0 Å². The number of aromatic nitrogens is 2. The molecule has 5 nitrogen and oxygen atoms in total. The van der Waals surface area contributed by atoms with Gasteiger partial charge in [0.15, 0.2) is 5.76 Å². The number of rotatable bonds is 4. The number of aryl methyl sites for hydroxylation is 2. The summed E-state index contributed by atoms with van der Waals surface area (Å²) in [7, 11) is 0. The number of nitrogens with one attached hydrogen (secondary N) is 1. The summed E-state index contributed by atoms with van der Waals surface area (Å²) in [4.78, 5) is 14.9. The van der Waals surface area contributed by atoms with Crippen molar-refractivity contribution in [3.8, 4) is 11.5 Å². The zero-order chi connectivity index (χ0) is 16.4. The summed E-state index contributed by atoms with van der Waals surface area (Å²) in [6.45, 7) is 6.39. The van der Waals surface area contributed by atoms with E-state index in [0.29, 0.717) is 23.6 Å². The summed E-state index contributed by atoms with van der Waals surface area (Å²) in [5.41, 5.74) is 3.81. The largest absolute Gasteiger partial charge is 0.463 e. The van der Waals surface area contributed by atoms with Crippen molar-refractivity contribution in [2.45, 2.75) is 20.8 Å². The lowest BCUT2D eigenvalue weighted by molar-refractivity contribution is 0.0988. The third-order valence-electron chi connectivity index (χ3n) is 3.79. The highest BCUT2D eigenvalue weighted by Crippen LogP contribution is 2.27. The molecule has 2 aromatic heterocycles. The Hall–Kier alpha value is -2.82. The lowest BCUT2D eigenvalue weighted by Gasteiger charge is -2.21. The van der Waals surface area contributed by atoms with Gasteiger partial charge in [0.2, 0.25) is 0 Å². The predicted octanol–water partition coefficient (Wildman–Crippen LogP) is 3.95. The maximum absolute atomic E-state index is 13.1. The van der Waals surface area contributed by atoms with E-state index in [1.165, 1.54) is 0 Å². The molecule has 0 aliphatic carbocycles. The molecule has 0 bridgehead atoms. The molecule has 0 aliphatic heterocycles. The Morgan fingerprint density at radius 1 is 1.26 bits per heavy atom. The minimum Gasteiger partial charge on any atom is -0.463 e. The van der Waals surface area contributed by atoms with Crippen LogP contribution in [0.2, 0.25) is 0 Å². The number of hydrogen-bond donors (Lipinski definition) is 1. The monoisotopic (exact) mass is 309 g/mol. The Balaban J connectivity index is 2.04. The van der Waals surface area contributed by atoms with Crippen LogP contribution in [0.25, 0.3) is 11.5 Å². The maximum Gasteiger partial charge on any atom is 0.262 e. The van der Waals surface area contributed by atoms with Crippen LogP contribution in [0, 0.1) is 13.8 Å². The van der Waals surface area contributed by atoms with Gasteiger partial charge in [-0.3, -0.25) is 9.89 Å². The van der Waals surface area contributed by atoms with Crippen molar-refractivity contribution in [2.75, 3.05) is 11.4 Å². The van der Waals surface area contributed by atoms with Crippen LogP contribution in [0.4, 0.5) is 5.69 Å². The standard InChI is InChI=1S/C18H19N3O2/c1-4-21(14-8-5-7-12(2)11-14)18(22)16-13(3)19-20-17(16)15-9-6-10-23-15/h5-11H,4H2,1-3H3,(H,19,20). The van der Waals surface area contributed by atoms with Crippen LogP contribution in [0.3, 0.4) is 0 Å². The van der Waals surface area contributed by atoms with Gasteiger partial charge in [0.1, 0.15) is 5.69 Å².